The first-order valence-electron chi connectivity index (χ1n) is 20.3. The summed E-state index contributed by atoms with van der Waals surface area (Å²) in [5.74, 6) is 0.180. The Kier molecular flexibility index (Phi) is 15.8. The summed E-state index contributed by atoms with van der Waals surface area (Å²) >= 11 is 0. The van der Waals surface area contributed by atoms with Gasteiger partial charge in [-0.3, -0.25) is 14.4 Å². The second kappa shape index (κ2) is 21.0. The Bertz CT molecular complexity index is 2160. The first-order valence-corrected chi connectivity index (χ1v) is 23.2. The Morgan fingerprint density at radius 2 is 1.46 bits per heavy atom. The maximum absolute atomic E-state index is 15.7. The van der Waals surface area contributed by atoms with E-state index in [-0.39, 0.29) is 49.9 Å². The molecule has 2 N–H and O–H groups in total. The summed E-state index contributed by atoms with van der Waals surface area (Å²) in [7, 11) is -7.80. The lowest BCUT2D eigenvalue weighted by molar-refractivity contribution is -0.0907. The molecule has 2 saturated heterocycles. The highest BCUT2D eigenvalue weighted by atomic mass is 32.2. The number of alkyl carbamates (subject to hydrolysis) is 1. The Balaban J connectivity index is 1.45. The second-order valence-electron chi connectivity index (χ2n) is 15.9. The zero-order valence-electron chi connectivity index (χ0n) is 34.6. The van der Waals surface area contributed by atoms with Crippen molar-refractivity contribution in [2.75, 3.05) is 20.3 Å². The molecule has 0 radical (unpaired) electrons. The van der Waals surface area contributed by atoms with Crippen LogP contribution in [0.5, 0.6) is 5.75 Å². The van der Waals surface area contributed by atoms with Crippen LogP contribution in [0.2, 0.25) is 0 Å². The molecule has 2 aliphatic rings. The monoisotopic (exact) mass is 875 g/mol. The van der Waals surface area contributed by atoms with Crippen LogP contribution in [0.1, 0.15) is 62.6 Å². The minimum atomic E-state index is -4.68. The Labute approximate surface area is 358 Å². The van der Waals surface area contributed by atoms with Crippen molar-refractivity contribution >= 4 is 23.8 Å². The van der Waals surface area contributed by atoms with E-state index < -0.39 is 52.5 Å². The molecule has 0 unspecified atom stereocenters. The molecule has 2 aliphatic heterocycles. The first-order chi connectivity index (χ1) is 29.4. The average Bonchev–Trinajstić information content (AvgIpc) is 3.90. The van der Waals surface area contributed by atoms with Crippen LogP contribution in [0.4, 0.5) is 4.79 Å². The number of sulfone groups is 1. The predicted molar refractivity (Wildman–Crippen MR) is 226 cm³/mol. The minimum absolute atomic E-state index is 0.0172. The van der Waals surface area contributed by atoms with Gasteiger partial charge in [0.05, 0.1) is 56.5 Å². The van der Waals surface area contributed by atoms with Gasteiger partial charge in [-0.2, -0.15) is 15.4 Å². The summed E-state index contributed by atoms with van der Waals surface area (Å²) in [4.78, 5) is 12.0. The van der Waals surface area contributed by atoms with Crippen LogP contribution in [-0.4, -0.2) is 58.1 Å². The normalized spacial score (nSPS) is 19.3. The molecule has 0 aliphatic carbocycles. The third-order valence-corrected chi connectivity index (χ3v) is 14.7. The van der Waals surface area contributed by atoms with Crippen molar-refractivity contribution in [1.82, 2.24) is 10.8 Å². The summed E-state index contributed by atoms with van der Waals surface area (Å²) in [6.45, 7) is 4.11. The number of hydroxylamine groups is 1. The van der Waals surface area contributed by atoms with Gasteiger partial charge in [0, 0.05) is 12.8 Å². The van der Waals surface area contributed by atoms with Gasteiger partial charge in [0.15, 0.2) is 11.2 Å². The summed E-state index contributed by atoms with van der Waals surface area (Å²) in [5, 5.41) is 12.3. The SMILES string of the molecule is COc1ccc(S(=O)(=O)[C@](Cc2ccccc2)(NC(=O)O[C@H]2CO[C@H]3OCC[C@H]32)[C@@H](CCC(C)(C)CCC#N)NOP(=O)(OCc2ccccc2)OCc2ccccc2)cc1. The van der Waals surface area contributed by atoms with Crippen LogP contribution >= 0.6 is 7.82 Å². The van der Waals surface area contributed by atoms with Gasteiger partial charge < -0.3 is 18.9 Å². The number of hydrogen-bond acceptors (Lipinski definition) is 13. The molecular weight excluding hydrogens is 822 g/mol. The van der Waals surface area contributed by atoms with Crippen molar-refractivity contribution in [3.05, 3.63) is 132 Å². The molecular formula is C45H54N3O11PS. The van der Waals surface area contributed by atoms with Gasteiger partial charge in [-0.25, -0.2) is 17.8 Å². The van der Waals surface area contributed by atoms with E-state index in [4.69, 9.17) is 32.6 Å². The maximum atomic E-state index is 15.7. The summed E-state index contributed by atoms with van der Waals surface area (Å²) in [5.41, 5.74) is 4.28. The first kappa shape index (κ1) is 45.9. The standard InChI is InChI=1S/C45H54N3O11PS/c1-44(2,26-13-28-46)27-24-41(48-59-60(50,56-31-35-16-9-5-10-17-35)57-32-36-18-11-6-12-19-36)45(30-34-14-7-4-8-15-34,61(51,52)38-22-20-37(53-3)21-23-38)47-43(49)58-40-33-55-42-39(40)25-29-54-42/h4-12,14-23,39-42,48H,13,24-27,29-33H2,1-3H3,(H,47,49)/t39-,40-,41+,42+,45-/m0/s1. The number of ether oxygens (including phenoxy) is 4. The lowest BCUT2D eigenvalue weighted by Gasteiger charge is -2.42. The number of nitrogens with one attached hydrogen (secondary N) is 2. The number of carbonyl (C=O) groups is 1. The van der Waals surface area contributed by atoms with Crippen molar-refractivity contribution in [2.45, 2.75) is 93.8 Å². The average molecular weight is 876 g/mol. The zero-order valence-corrected chi connectivity index (χ0v) is 36.4. The van der Waals surface area contributed by atoms with E-state index >= 15 is 8.42 Å². The Morgan fingerprint density at radius 1 is 0.869 bits per heavy atom. The lowest BCUT2D eigenvalue weighted by Crippen LogP contribution is -2.67. The predicted octanol–water partition coefficient (Wildman–Crippen LogP) is 8.44. The molecule has 2 heterocycles. The third kappa shape index (κ3) is 12.1. The van der Waals surface area contributed by atoms with Crippen molar-refractivity contribution < 1.29 is 50.4 Å². The van der Waals surface area contributed by atoms with Crippen LogP contribution in [0, 0.1) is 22.7 Å². The van der Waals surface area contributed by atoms with E-state index in [1.807, 2.05) is 50.2 Å². The van der Waals surface area contributed by atoms with Gasteiger partial charge in [-0.05, 0) is 72.1 Å². The largest absolute Gasteiger partial charge is 0.497 e. The number of amides is 1. The van der Waals surface area contributed by atoms with Crippen LogP contribution in [0.25, 0.3) is 0 Å². The molecule has 2 fully saturated rings. The molecule has 5 atom stereocenters. The molecule has 0 spiro atoms. The van der Waals surface area contributed by atoms with Crippen LogP contribution in [-0.2, 0) is 61.9 Å². The highest BCUT2D eigenvalue weighted by Gasteiger charge is 2.55. The number of phosphoric acid groups is 1. The number of hydrogen-bond donors (Lipinski definition) is 2. The fourth-order valence-electron chi connectivity index (χ4n) is 7.47. The molecule has 326 valence electrons. The number of carbonyl (C=O) groups excluding carboxylic acids is 1. The topological polar surface area (TPSA) is 181 Å². The highest BCUT2D eigenvalue weighted by molar-refractivity contribution is 7.93. The van der Waals surface area contributed by atoms with Gasteiger partial charge in [0.2, 0.25) is 9.84 Å². The summed E-state index contributed by atoms with van der Waals surface area (Å²) < 4.78 is 86.8. The molecule has 0 aromatic heterocycles. The van der Waals surface area contributed by atoms with Crippen LogP contribution < -0.4 is 15.5 Å². The van der Waals surface area contributed by atoms with E-state index in [9.17, 15) is 14.6 Å². The molecule has 6 rings (SSSR count). The van der Waals surface area contributed by atoms with Crippen molar-refractivity contribution in [2.24, 2.45) is 11.3 Å². The maximum Gasteiger partial charge on any atom is 0.492 e. The fourth-order valence-corrected chi connectivity index (χ4v) is 10.6. The fraction of sp³-hybridized carbons (Fsp3) is 0.422. The number of methoxy groups -OCH3 is 1. The number of benzene rings is 4. The van der Waals surface area contributed by atoms with Gasteiger partial charge in [-0.15, -0.1) is 0 Å². The molecule has 0 bridgehead atoms. The van der Waals surface area contributed by atoms with Crippen molar-refractivity contribution in [1.29, 1.82) is 5.26 Å². The van der Waals surface area contributed by atoms with E-state index in [1.165, 1.54) is 31.4 Å². The summed E-state index contributed by atoms with van der Waals surface area (Å²) in [6.07, 6.45) is -0.862. The number of nitriles is 1. The third-order valence-electron chi connectivity index (χ3n) is 11.1. The minimum Gasteiger partial charge on any atom is -0.497 e. The van der Waals surface area contributed by atoms with E-state index in [0.717, 1.165) is 0 Å². The lowest BCUT2D eigenvalue weighted by atomic mass is 9.81. The summed E-state index contributed by atoms with van der Waals surface area (Å²) in [6, 6.07) is 33.6. The van der Waals surface area contributed by atoms with Gasteiger partial charge in [0.25, 0.3) is 0 Å². The highest BCUT2D eigenvalue weighted by Crippen LogP contribution is 2.51. The van der Waals surface area contributed by atoms with Crippen LogP contribution in [0.15, 0.2) is 120 Å². The van der Waals surface area contributed by atoms with E-state index in [1.54, 1.807) is 54.6 Å². The molecule has 61 heavy (non-hydrogen) atoms. The van der Waals surface area contributed by atoms with Gasteiger partial charge in [-0.1, -0.05) is 105 Å². The van der Waals surface area contributed by atoms with Gasteiger partial charge in [0.1, 0.15) is 11.9 Å². The van der Waals surface area contributed by atoms with Gasteiger partial charge >= 0.3 is 13.9 Å². The van der Waals surface area contributed by atoms with Crippen LogP contribution in [0.3, 0.4) is 0 Å². The van der Waals surface area contributed by atoms with Crippen molar-refractivity contribution in [3.8, 4) is 11.8 Å². The number of phosphoric ester groups is 1. The number of fused-ring (bicyclic) bond motifs is 1. The number of rotatable bonds is 22. The molecule has 1 amide bonds. The molecule has 4 aromatic carbocycles. The molecule has 16 heteroatoms. The zero-order chi connectivity index (χ0) is 43.4. The molecule has 4 aromatic rings. The smallest absolute Gasteiger partial charge is 0.492 e. The quantitative estimate of drug-likeness (QED) is 0.0568. The van der Waals surface area contributed by atoms with E-state index in [0.29, 0.717) is 48.3 Å². The number of nitrogens with zero attached hydrogens (tertiary/aromatic N) is 1. The van der Waals surface area contributed by atoms with Crippen molar-refractivity contribution in [3.63, 3.8) is 0 Å². The van der Waals surface area contributed by atoms with E-state index in [2.05, 4.69) is 16.9 Å². The Morgan fingerprint density at radius 3 is 2.03 bits per heavy atom. The second-order valence-corrected chi connectivity index (χ2v) is 19.7. The molecule has 0 saturated carbocycles. The molecule has 14 nitrogen and oxygen atoms in total. The Hall–Kier alpha value is -4.62.